The number of allylic oxidation sites excluding steroid dienone is 2. The molecule has 1 rings (SSSR count). The molecule has 0 spiro atoms. The summed E-state index contributed by atoms with van der Waals surface area (Å²) < 4.78 is 0. The van der Waals surface area contributed by atoms with Crippen molar-refractivity contribution in [1.29, 1.82) is 0 Å². The summed E-state index contributed by atoms with van der Waals surface area (Å²) in [6.45, 7) is 0.777. The molecule has 1 heterocycles. The van der Waals surface area contributed by atoms with Crippen molar-refractivity contribution in [3.63, 3.8) is 0 Å². The van der Waals surface area contributed by atoms with Gasteiger partial charge in [0.05, 0.1) is 0 Å². The van der Waals surface area contributed by atoms with Crippen molar-refractivity contribution < 1.29 is 5.11 Å². The molecule has 1 aliphatic heterocycles. The third kappa shape index (κ3) is 0.832. The first-order valence-electron chi connectivity index (χ1n) is 2.49. The molecule has 2 nitrogen and oxygen atoms in total. The van der Waals surface area contributed by atoms with Crippen molar-refractivity contribution in [3.05, 3.63) is 24.1 Å². The van der Waals surface area contributed by atoms with E-state index in [9.17, 15) is 0 Å². The first-order chi connectivity index (χ1) is 3.80. The molecule has 0 bridgehead atoms. The maximum absolute atomic E-state index is 8.86. The van der Waals surface area contributed by atoms with Crippen molar-refractivity contribution in [2.24, 2.45) is 0 Å². The normalized spacial score (nSPS) is 18.6. The number of nitrogens with zero attached hydrogens (tertiary/aromatic N) is 1. The lowest BCUT2D eigenvalue weighted by atomic mass is 10.3. The number of hydrogen-bond donors (Lipinski definition) is 1. The highest BCUT2D eigenvalue weighted by molar-refractivity contribution is 5.05. The summed E-state index contributed by atoms with van der Waals surface area (Å²) in [5.41, 5.74) is 0. The van der Waals surface area contributed by atoms with Gasteiger partial charge in [0.25, 0.3) is 0 Å². The molecule has 0 amide bonds. The lowest BCUT2D eigenvalue weighted by Crippen LogP contribution is -2.19. The Morgan fingerprint density at radius 1 is 1.88 bits per heavy atom. The highest BCUT2D eigenvalue weighted by Crippen LogP contribution is 2.00. The maximum Gasteiger partial charge on any atom is 0.195 e. The van der Waals surface area contributed by atoms with Crippen LogP contribution in [0.15, 0.2) is 18.0 Å². The average Bonchev–Trinajstić information content (AvgIpc) is 1.77. The van der Waals surface area contributed by atoms with Crippen molar-refractivity contribution in [2.45, 2.75) is 0 Å². The van der Waals surface area contributed by atoms with E-state index in [1.54, 1.807) is 11.0 Å². The Bertz CT molecular complexity index is 137. The van der Waals surface area contributed by atoms with E-state index in [2.05, 4.69) is 6.08 Å². The molecule has 43 valence electrons. The van der Waals surface area contributed by atoms with Crippen LogP contribution in [0.3, 0.4) is 0 Å². The first-order valence-corrected chi connectivity index (χ1v) is 2.49. The van der Waals surface area contributed by atoms with Crippen LogP contribution < -0.4 is 0 Å². The summed E-state index contributed by atoms with van der Waals surface area (Å²) in [4.78, 5) is 1.71. The molecule has 0 atom stereocenters. The molecule has 0 saturated heterocycles. The Kier molecular flexibility index (Phi) is 1.24. The molecule has 8 heavy (non-hydrogen) atoms. The smallest absolute Gasteiger partial charge is 0.195 e. The van der Waals surface area contributed by atoms with Crippen molar-refractivity contribution >= 4 is 0 Å². The Morgan fingerprint density at radius 3 is 3.00 bits per heavy atom. The van der Waals surface area contributed by atoms with Gasteiger partial charge in [-0.1, -0.05) is 12.2 Å². The lowest BCUT2D eigenvalue weighted by Gasteiger charge is -2.16. The van der Waals surface area contributed by atoms with Crippen LogP contribution in [0.1, 0.15) is 0 Å². The quantitative estimate of drug-likeness (QED) is 0.496. The molecule has 0 aromatic rings. The van der Waals surface area contributed by atoms with Crippen LogP contribution in [0, 0.1) is 6.08 Å². The molecule has 0 aromatic heterocycles. The summed E-state index contributed by atoms with van der Waals surface area (Å²) >= 11 is 0. The van der Waals surface area contributed by atoms with Gasteiger partial charge in [-0.3, -0.25) is 0 Å². The highest BCUT2D eigenvalue weighted by atomic mass is 16.3. The van der Waals surface area contributed by atoms with Crippen molar-refractivity contribution in [2.75, 3.05) is 13.6 Å². The third-order valence-electron chi connectivity index (χ3n) is 1.07. The van der Waals surface area contributed by atoms with E-state index in [1.807, 2.05) is 13.1 Å². The molecule has 0 aliphatic carbocycles. The Morgan fingerprint density at radius 2 is 2.62 bits per heavy atom. The number of aliphatic hydroxyl groups excluding tert-OH is 1. The summed E-state index contributed by atoms with van der Waals surface area (Å²) in [6.07, 6.45) is 6.30. The van der Waals surface area contributed by atoms with E-state index in [1.165, 1.54) is 0 Å². The maximum atomic E-state index is 8.86. The lowest BCUT2D eigenvalue weighted by molar-refractivity contribution is 0.242. The molecule has 0 fully saturated rings. The number of rotatable bonds is 0. The summed E-state index contributed by atoms with van der Waals surface area (Å²) in [6, 6.07) is 0. The highest BCUT2D eigenvalue weighted by Gasteiger charge is 2.00. The summed E-state index contributed by atoms with van der Waals surface area (Å²) in [5.74, 6) is 0.215. The SMILES string of the molecule is CN1CC=C[C]=C1O. The van der Waals surface area contributed by atoms with Crippen LogP contribution in [0.25, 0.3) is 0 Å². The van der Waals surface area contributed by atoms with Gasteiger partial charge < -0.3 is 10.0 Å². The number of hydrogen-bond acceptors (Lipinski definition) is 2. The minimum absolute atomic E-state index is 0.215. The fourth-order valence-electron chi connectivity index (χ4n) is 0.541. The van der Waals surface area contributed by atoms with E-state index in [0.717, 1.165) is 6.54 Å². The minimum atomic E-state index is 0.215. The van der Waals surface area contributed by atoms with Gasteiger partial charge in [-0.2, -0.15) is 0 Å². The van der Waals surface area contributed by atoms with Gasteiger partial charge in [-0.25, -0.2) is 0 Å². The Balaban J connectivity index is 2.66. The van der Waals surface area contributed by atoms with E-state index >= 15 is 0 Å². The van der Waals surface area contributed by atoms with Crippen LogP contribution in [0.5, 0.6) is 0 Å². The van der Waals surface area contributed by atoms with Crippen molar-refractivity contribution in [3.8, 4) is 0 Å². The Hall–Kier alpha value is -0.920. The molecule has 1 radical (unpaired) electrons. The molecule has 0 saturated carbocycles. The first kappa shape index (κ1) is 5.22. The monoisotopic (exact) mass is 110 g/mol. The van der Waals surface area contributed by atoms with Gasteiger partial charge in [0.2, 0.25) is 0 Å². The van der Waals surface area contributed by atoms with E-state index in [-0.39, 0.29) is 5.88 Å². The standard InChI is InChI=1S/C6H8NO/c1-7-5-3-2-4-6(7)8/h2-3,8H,5H2,1H3. The number of likely N-dealkylation sites (N-methyl/N-ethyl adjacent to an activating group) is 1. The van der Waals surface area contributed by atoms with Crippen LogP contribution in [0.2, 0.25) is 0 Å². The Labute approximate surface area is 48.7 Å². The number of aliphatic hydroxyl groups is 1. The molecule has 1 N–H and O–H groups in total. The van der Waals surface area contributed by atoms with Gasteiger partial charge in [0.15, 0.2) is 5.88 Å². The van der Waals surface area contributed by atoms with E-state index in [4.69, 9.17) is 5.11 Å². The van der Waals surface area contributed by atoms with Crippen LogP contribution >= 0.6 is 0 Å². The zero-order valence-corrected chi connectivity index (χ0v) is 4.76. The summed E-state index contributed by atoms with van der Waals surface area (Å²) in [5, 5.41) is 8.86. The second-order valence-corrected chi connectivity index (χ2v) is 1.75. The largest absolute Gasteiger partial charge is 0.494 e. The second kappa shape index (κ2) is 1.90. The molecule has 0 unspecified atom stereocenters. The van der Waals surface area contributed by atoms with Crippen LogP contribution in [0.4, 0.5) is 0 Å². The zero-order chi connectivity index (χ0) is 5.98. The third-order valence-corrected chi connectivity index (χ3v) is 1.07. The zero-order valence-electron chi connectivity index (χ0n) is 4.76. The van der Waals surface area contributed by atoms with E-state index < -0.39 is 0 Å². The molecule has 1 aliphatic rings. The predicted molar refractivity (Wildman–Crippen MR) is 31.2 cm³/mol. The van der Waals surface area contributed by atoms with Gasteiger partial charge in [0.1, 0.15) is 0 Å². The summed E-state index contributed by atoms with van der Waals surface area (Å²) in [7, 11) is 1.81. The van der Waals surface area contributed by atoms with E-state index in [0.29, 0.717) is 0 Å². The van der Waals surface area contributed by atoms with Crippen molar-refractivity contribution in [1.82, 2.24) is 4.90 Å². The van der Waals surface area contributed by atoms with Gasteiger partial charge >= 0.3 is 0 Å². The molecule has 2 heteroatoms. The van der Waals surface area contributed by atoms with Gasteiger partial charge in [0, 0.05) is 19.7 Å². The molecular weight excluding hydrogens is 102 g/mol. The predicted octanol–water partition coefficient (Wildman–Crippen LogP) is 0.691. The van der Waals surface area contributed by atoms with Gasteiger partial charge in [-0.05, 0) is 0 Å². The van der Waals surface area contributed by atoms with Gasteiger partial charge in [-0.15, -0.1) is 0 Å². The molecular formula is C6H8NO. The topological polar surface area (TPSA) is 23.5 Å². The fraction of sp³-hybridized carbons (Fsp3) is 0.333. The fourth-order valence-corrected chi connectivity index (χ4v) is 0.541. The molecule has 0 aromatic carbocycles. The minimum Gasteiger partial charge on any atom is -0.494 e. The van der Waals surface area contributed by atoms with Crippen LogP contribution in [-0.4, -0.2) is 23.6 Å². The average molecular weight is 110 g/mol. The van der Waals surface area contributed by atoms with Crippen LogP contribution in [-0.2, 0) is 0 Å². The second-order valence-electron chi connectivity index (χ2n) is 1.75.